The van der Waals surface area contributed by atoms with Crippen LogP contribution in [0.3, 0.4) is 0 Å². The zero-order chi connectivity index (χ0) is 10.8. The Morgan fingerprint density at radius 1 is 1.43 bits per heavy atom. The lowest BCUT2D eigenvalue weighted by molar-refractivity contribution is -0.163. The Kier molecular flexibility index (Phi) is 8.24. The van der Waals surface area contributed by atoms with Crippen LogP contribution in [0.2, 0.25) is 0 Å². The number of hydrogen-bond donors (Lipinski definition) is 0. The van der Waals surface area contributed by atoms with E-state index < -0.39 is 6.29 Å². The fourth-order valence-corrected chi connectivity index (χ4v) is 0.943. The number of carbonyl (C=O) groups excluding carboxylic acids is 1. The highest BCUT2D eigenvalue weighted by Crippen LogP contribution is 2.00. The lowest BCUT2D eigenvalue weighted by Gasteiger charge is -2.08. The number of methoxy groups -OCH3 is 1. The Morgan fingerprint density at radius 2 is 2.14 bits per heavy atom. The molecule has 0 aliphatic rings. The highest BCUT2D eigenvalue weighted by atomic mass is 16.7. The number of allylic oxidation sites excluding steroid dienone is 1. The molecule has 0 saturated carbocycles. The van der Waals surface area contributed by atoms with Gasteiger partial charge in [0.1, 0.15) is 0 Å². The monoisotopic (exact) mass is 200 g/mol. The van der Waals surface area contributed by atoms with Crippen LogP contribution in [0.5, 0.6) is 0 Å². The summed E-state index contributed by atoms with van der Waals surface area (Å²) in [6, 6.07) is 0. The Hall–Kier alpha value is -0.830. The summed E-state index contributed by atoms with van der Waals surface area (Å²) in [6.45, 7) is 3.83. The molecule has 0 N–H and O–H groups in total. The lowest BCUT2D eigenvalue weighted by Crippen LogP contribution is -2.14. The van der Waals surface area contributed by atoms with E-state index in [0.717, 1.165) is 12.8 Å². The minimum Gasteiger partial charge on any atom is -0.433 e. The van der Waals surface area contributed by atoms with Crippen molar-refractivity contribution < 1.29 is 14.3 Å². The standard InChI is InChI=1S/C11H20O3/c1-4-5-6-7-8-9-11(12)14-10(2)13-3/h8-10H,4-7H2,1-3H3/b9-8+. The first kappa shape index (κ1) is 13.2. The van der Waals surface area contributed by atoms with Gasteiger partial charge in [-0.15, -0.1) is 0 Å². The van der Waals surface area contributed by atoms with E-state index >= 15 is 0 Å². The van der Waals surface area contributed by atoms with Gasteiger partial charge in [0.25, 0.3) is 0 Å². The van der Waals surface area contributed by atoms with Gasteiger partial charge in [0.15, 0.2) is 6.29 Å². The van der Waals surface area contributed by atoms with Crippen molar-refractivity contribution in [1.29, 1.82) is 0 Å². The third-order valence-electron chi connectivity index (χ3n) is 1.84. The van der Waals surface area contributed by atoms with Crippen LogP contribution in [-0.4, -0.2) is 19.4 Å². The molecule has 0 aromatic rings. The maximum atomic E-state index is 11.1. The third-order valence-corrected chi connectivity index (χ3v) is 1.84. The maximum Gasteiger partial charge on any atom is 0.332 e. The largest absolute Gasteiger partial charge is 0.433 e. The maximum absolute atomic E-state index is 11.1. The van der Waals surface area contributed by atoms with Crippen LogP contribution in [0.4, 0.5) is 0 Å². The molecule has 0 aliphatic carbocycles. The second-order valence-electron chi connectivity index (χ2n) is 3.14. The predicted octanol–water partition coefficient (Wildman–Crippen LogP) is 2.66. The average Bonchev–Trinajstić information content (AvgIpc) is 2.17. The molecule has 0 aliphatic heterocycles. The van der Waals surface area contributed by atoms with E-state index in [-0.39, 0.29) is 5.97 Å². The quantitative estimate of drug-likeness (QED) is 0.274. The fraction of sp³-hybridized carbons (Fsp3) is 0.727. The van der Waals surface area contributed by atoms with Gasteiger partial charge in [-0.1, -0.05) is 25.8 Å². The molecule has 14 heavy (non-hydrogen) atoms. The Balaban J connectivity index is 3.50. The molecule has 3 nitrogen and oxygen atoms in total. The number of unbranched alkanes of at least 4 members (excludes halogenated alkanes) is 3. The van der Waals surface area contributed by atoms with Crippen LogP contribution >= 0.6 is 0 Å². The van der Waals surface area contributed by atoms with Crippen molar-refractivity contribution in [2.75, 3.05) is 7.11 Å². The van der Waals surface area contributed by atoms with Crippen LogP contribution in [0.25, 0.3) is 0 Å². The van der Waals surface area contributed by atoms with Crippen molar-refractivity contribution in [3.8, 4) is 0 Å². The predicted molar refractivity (Wildman–Crippen MR) is 55.8 cm³/mol. The second kappa shape index (κ2) is 8.75. The fourth-order valence-electron chi connectivity index (χ4n) is 0.943. The van der Waals surface area contributed by atoms with E-state index in [0.29, 0.717) is 0 Å². The molecule has 0 amide bonds. The van der Waals surface area contributed by atoms with E-state index in [9.17, 15) is 4.79 Å². The minimum absolute atomic E-state index is 0.337. The van der Waals surface area contributed by atoms with Crippen molar-refractivity contribution in [2.24, 2.45) is 0 Å². The molecule has 0 saturated heterocycles. The minimum atomic E-state index is -0.470. The molecule has 1 atom stereocenters. The smallest absolute Gasteiger partial charge is 0.332 e. The SMILES string of the molecule is CCCCC/C=C/C(=O)OC(C)OC. The van der Waals surface area contributed by atoms with Crippen molar-refractivity contribution in [3.63, 3.8) is 0 Å². The molecule has 0 spiro atoms. The normalized spacial score (nSPS) is 13.1. The zero-order valence-corrected chi connectivity index (χ0v) is 9.29. The van der Waals surface area contributed by atoms with Gasteiger partial charge in [-0.3, -0.25) is 0 Å². The van der Waals surface area contributed by atoms with Crippen LogP contribution in [0.1, 0.15) is 39.5 Å². The topological polar surface area (TPSA) is 35.5 Å². The molecular weight excluding hydrogens is 180 g/mol. The second-order valence-corrected chi connectivity index (χ2v) is 3.14. The highest BCUT2D eigenvalue weighted by molar-refractivity contribution is 5.81. The summed E-state index contributed by atoms with van der Waals surface area (Å²) >= 11 is 0. The van der Waals surface area contributed by atoms with Gasteiger partial charge in [-0.2, -0.15) is 0 Å². The Morgan fingerprint density at radius 3 is 2.71 bits per heavy atom. The van der Waals surface area contributed by atoms with Gasteiger partial charge in [0.2, 0.25) is 0 Å². The summed E-state index contributed by atoms with van der Waals surface area (Å²) in [6.07, 6.45) is 7.30. The van der Waals surface area contributed by atoms with Gasteiger partial charge in [0, 0.05) is 13.2 Å². The van der Waals surface area contributed by atoms with E-state index in [1.54, 1.807) is 6.92 Å². The molecule has 82 valence electrons. The summed E-state index contributed by atoms with van der Waals surface area (Å²) in [4.78, 5) is 11.1. The highest BCUT2D eigenvalue weighted by Gasteiger charge is 2.02. The molecule has 0 bridgehead atoms. The summed E-state index contributed by atoms with van der Waals surface area (Å²) in [7, 11) is 1.50. The third kappa shape index (κ3) is 7.80. The number of rotatable bonds is 7. The van der Waals surface area contributed by atoms with E-state index in [1.807, 2.05) is 6.08 Å². The van der Waals surface area contributed by atoms with Gasteiger partial charge < -0.3 is 9.47 Å². The van der Waals surface area contributed by atoms with Crippen molar-refractivity contribution in [2.45, 2.75) is 45.8 Å². The summed E-state index contributed by atoms with van der Waals surface area (Å²) in [5.74, 6) is -0.337. The summed E-state index contributed by atoms with van der Waals surface area (Å²) < 4.78 is 9.65. The number of esters is 1. The Labute approximate surface area is 86.1 Å². The lowest BCUT2D eigenvalue weighted by atomic mass is 10.2. The molecule has 0 rings (SSSR count). The molecular formula is C11H20O3. The molecule has 0 heterocycles. The van der Waals surface area contributed by atoms with Gasteiger partial charge >= 0.3 is 5.97 Å². The first-order valence-electron chi connectivity index (χ1n) is 5.10. The molecule has 1 unspecified atom stereocenters. The van der Waals surface area contributed by atoms with Crippen LogP contribution in [0.15, 0.2) is 12.2 Å². The Bertz CT molecular complexity index is 175. The molecule has 0 fully saturated rings. The number of hydrogen-bond acceptors (Lipinski definition) is 3. The molecule has 0 aromatic carbocycles. The van der Waals surface area contributed by atoms with Crippen molar-refractivity contribution >= 4 is 5.97 Å². The first-order valence-corrected chi connectivity index (χ1v) is 5.10. The van der Waals surface area contributed by atoms with E-state index in [4.69, 9.17) is 9.47 Å². The van der Waals surface area contributed by atoms with Crippen LogP contribution in [-0.2, 0) is 14.3 Å². The average molecular weight is 200 g/mol. The molecule has 0 aromatic heterocycles. The van der Waals surface area contributed by atoms with Gasteiger partial charge in [-0.25, -0.2) is 4.79 Å². The number of ether oxygens (including phenoxy) is 2. The first-order chi connectivity index (χ1) is 6.70. The summed E-state index contributed by atoms with van der Waals surface area (Å²) in [5, 5.41) is 0. The zero-order valence-electron chi connectivity index (χ0n) is 9.29. The van der Waals surface area contributed by atoms with E-state index in [2.05, 4.69) is 6.92 Å². The van der Waals surface area contributed by atoms with E-state index in [1.165, 1.54) is 26.0 Å². The summed E-state index contributed by atoms with van der Waals surface area (Å²) in [5.41, 5.74) is 0. The molecule has 0 radical (unpaired) electrons. The van der Waals surface area contributed by atoms with Crippen molar-refractivity contribution in [3.05, 3.63) is 12.2 Å². The van der Waals surface area contributed by atoms with Crippen LogP contribution < -0.4 is 0 Å². The van der Waals surface area contributed by atoms with Gasteiger partial charge in [0.05, 0.1) is 0 Å². The van der Waals surface area contributed by atoms with Crippen LogP contribution in [0, 0.1) is 0 Å². The molecule has 3 heteroatoms. The van der Waals surface area contributed by atoms with Crippen molar-refractivity contribution in [1.82, 2.24) is 0 Å². The number of carbonyl (C=O) groups is 1. The van der Waals surface area contributed by atoms with Gasteiger partial charge in [-0.05, 0) is 19.8 Å².